The molecule has 0 atom stereocenters. The zero-order valence-electron chi connectivity index (χ0n) is 5.74. The molecule has 0 N–H and O–H groups in total. The Morgan fingerprint density at radius 3 is 2.82 bits per heavy atom. The van der Waals surface area contributed by atoms with Gasteiger partial charge in [-0.1, -0.05) is 6.08 Å². The van der Waals surface area contributed by atoms with E-state index in [4.69, 9.17) is 0 Å². The van der Waals surface area contributed by atoms with E-state index in [9.17, 15) is 0 Å². The summed E-state index contributed by atoms with van der Waals surface area (Å²) in [5.74, 6) is 0.720. The van der Waals surface area contributed by atoms with E-state index in [0.29, 0.717) is 0 Å². The molecule has 0 saturated heterocycles. The lowest BCUT2D eigenvalue weighted by molar-refractivity contribution is 1.15. The third-order valence-corrected chi connectivity index (χ3v) is 1.65. The minimum Gasteiger partial charge on any atom is -0.252 e. The molecule has 0 aromatic carbocycles. The van der Waals surface area contributed by atoms with Crippen molar-refractivity contribution in [3.8, 4) is 0 Å². The molecule has 0 fully saturated rings. The van der Waals surface area contributed by atoms with Crippen molar-refractivity contribution >= 4 is 34.6 Å². The molecule has 0 radical (unpaired) electrons. The van der Waals surface area contributed by atoms with Gasteiger partial charge in [0.25, 0.3) is 0 Å². The van der Waals surface area contributed by atoms with Crippen LogP contribution in [0.5, 0.6) is 0 Å². The van der Waals surface area contributed by atoms with Crippen LogP contribution < -0.4 is 0 Å². The molecule has 0 saturated carbocycles. The van der Waals surface area contributed by atoms with Crippen LogP contribution in [0.4, 0.5) is 0 Å². The summed E-state index contributed by atoms with van der Waals surface area (Å²) in [5.41, 5.74) is 0.849. The minimum atomic E-state index is 0.720. The van der Waals surface area contributed by atoms with Crippen molar-refractivity contribution in [2.45, 2.75) is 0 Å². The maximum Gasteiger partial charge on any atom is 0.124 e. The minimum absolute atomic E-state index is 0.720. The van der Waals surface area contributed by atoms with Gasteiger partial charge in [-0.2, -0.15) is 12.6 Å². The number of aromatic nitrogens is 2. The fraction of sp³-hybridized carbons (Fsp3) is 0.143. The van der Waals surface area contributed by atoms with Crippen molar-refractivity contribution in [2.75, 3.05) is 5.75 Å². The Morgan fingerprint density at radius 2 is 2.27 bits per heavy atom. The molecule has 1 rings (SSSR count). The van der Waals surface area contributed by atoms with Crippen molar-refractivity contribution in [2.24, 2.45) is 0 Å². The molecule has 1 aromatic heterocycles. The second-order valence-electron chi connectivity index (χ2n) is 1.85. The van der Waals surface area contributed by atoms with Crippen molar-refractivity contribution in [1.29, 1.82) is 0 Å². The molecule has 4 heteroatoms. The molecule has 0 aliphatic heterocycles. The second kappa shape index (κ2) is 4.51. The molecular formula is C7H7BrN2S. The molecule has 0 amide bonds. The molecule has 2 nitrogen and oxygen atoms in total. The van der Waals surface area contributed by atoms with Crippen LogP contribution in [0.15, 0.2) is 23.1 Å². The summed E-state index contributed by atoms with van der Waals surface area (Å²) in [5, 5.41) is 0. The lowest BCUT2D eigenvalue weighted by Gasteiger charge is -1.90. The summed E-state index contributed by atoms with van der Waals surface area (Å²) in [6.07, 6.45) is 7.16. The first-order valence-corrected chi connectivity index (χ1v) is 4.50. The molecule has 0 aliphatic rings. The quantitative estimate of drug-likeness (QED) is 0.789. The summed E-state index contributed by atoms with van der Waals surface area (Å²) in [6, 6.07) is 0. The van der Waals surface area contributed by atoms with Crippen LogP contribution in [-0.4, -0.2) is 15.7 Å². The van der Waals surface area contributed by atoms with Crippen LogP contribution in [0.1, 0.15) is 5.69 Å². The Bertz CT molecular complexity index is 245. The standard InChI is InChI=1S/C7H7BrN2S/c8-7-5-9-6(4-10-7)2-1-3-11/h1-2,4-5,11H,3H2. The SMILES string of the molecule is SCC=Cc1cnc(Br)cn1. The van der Waals surface area contributed by atoms with Gasteiger partial charge in [-0.3, -0.25) is 4.98 Å². The first-order chi connectivity index (χ1) is 5.33. The van der Waals surface area contributed by atoms with Crippen LogP contribution in [0.3, 0.4) is 0 Å². The highest BCUT2D eigenvalue weighted by Crippen LogP contribution is 2.03. The Kier molecular flexibility index (Phi) is 3.59. The van der Waals surface area contributed by atoms with Gasteiger partial charge in [0, 0.05) is 5.75 Å². The Hall–Kier alpha value is -0.350. The first kappa shape index (κ1) is 8.74. The summed E-state index contributed by atoms with van der Waals surface area (Å²) in [7, 11) is 0. The molecule has 1 heterocycles. The molecule has 1 aromatic rings. The Labute approximate surface area is 79.3 Å². The van der Waals surface area contributed by atoms with Gasteiger partial charge in [-0.15, -0.1) is 0 Å². The third kappa shape index (κ3) is 3.03. The maximum absolute atomic E-state index is 4.09. The monoisotopic (exact) mass is 230 g/mol. The number of thiol groups is 1. The normalized spacial score (nSPS) is 10.7. The van der Waals surface area contributed by atoms with Gasteiger partial charge in [-0.05, 0) is 22.0 Å². The fourth-order valence-electron chi connectivity index (χ4n) is 0.582. The lowest BCUT2D eigenvalue weighted by atomic mass is 10.4. The highest BCUT2D eigenvalue weighted by Gasteiger charge is 1.88. The second-order valence-corrected chi connectivity index (χ2v) is 3.03. The smallest absolute Gasteiger partial charge is 0.124 e. The zero-order valence-corrected chi connectivity index (χ0v) is 8.22. The molecule has 0 aliphatic carbocycles. The predicted molar refractivity (Wildman–Crippen MR) is 52.6 cm³/mol. The van der Waals surface area contributed by atoms with Crippen molar-refractivity contribution in [1.82, 2.24) is 9.97 Å². The van der Waals surface area contributed by atoms with Crippen LogP contribution in [0, 0.1) is 0 Å². The maximum atomic E-state index is 4.09. The summed E-state index contributed by atoms with van der Waals surface area (Å²) in [4.78, 5) is 8.10. The molecule has 0 spiro atoms. The summed E-state index contributed by atoms with van der Waals surface area (Å²) >= 11 is 7.23. The average molecular weight is 231 g/mol. The molecular weight excluding hydrogens is 224 g/mol. The lowest BCUT2D eigenvalue weighted by Crippen LogP contribution is -1.82. The van der Waals surface area contributed by atoms with Gasteiger partial charge in [-0.25, -0.2) is 4.98 Å². The van der Waals surface area contributed by atoms with E-state index in [1.54, 1.807) is 12.4 Å². The number of nitrogens with zero attached hydrogens (tertiary/aromatic N) is 2. The topological polar surface area (TPSA) is 25.8 Å². The fourth-order valence-corrected chi connectivity index (χ4v) is 0.892. The van der Waals surface area contributed by atoms with Gasteiger partial charge in [0.2, 0.25) is 0 Å². The van der Waals surface area contributed by atoms with Crippen molar-refractivity contribution in [3.05, 3.63) is 28.8 Å². The van der Waals surface area contributed by atoms with E-state index in [-0.39, 0.29) is 0 Å². The number of hydrogen-bond donors (Lipinski definition) is 1. The van der Waals surface area contributed by atoms with Gasteiger partial charge < -0.3 is 0 Å². The van der Waals surface area contributed by atoms with Gasteiger partial charge in [0.1, 0.15) is 4.60 Å². The van der Waals surface area contributed by atoms with E-state index in [0.717, 1.165) is 16.0 Å². The first-order valence-electron chi connectivity index (χ1n) is 3.08. The van der Waals surface area contributed by atoms with Gasteiger partial charge in [0.15, 0.2) is 0 Å². The largest absolute Gasteiger partial charge is 0.252 e. The highest BCUT2D eigenvalue weighted by molar-refractivity contribution is 9.10. The van der Waals surface area contributed by atoms with E-state index >= 15 is 0 Å². The third-order valence-electron chi connectivity index (χ3n) is 1.03. The zero-order chi connectivity index (χ0) is 8.10. The van der Waals surface area contributed by atoms with Gasteiger partial charge >= 0.3 is 0 Å². The van der Waals surface area contributed by atoms with Crippen LogP contribution in [0.25, 0.3) is 6.08 Å². The summed E-state index contributed by atoms with van der Waals surface area (Å²) in [6.45, 7) is 0. The van der Waals surface area contributed by atoms with E-state index < -0.39 is 0 Å². The molecule has 0 unspecified atom stereocenters. The average Bonchev–Trinajstić information content (AvgIpc) is 2.04. The van der Waals surface area contributed by atoms with E-state index in [1.165, 1.54) is 0 Å². The molecule has 58 valence electrons. The van der Waals surface area contributed by atoms with Crippen LogP contribution >= 0.6 is 28.6 Å². The number of rotatable bonds is 2. The van der Waals surface area contributed by atoms with Crippen molar-refractivity contribution in [3.63, 3.8) is 0 Å². The van der Waals surface area contributed by atoms with Gasteiger partial charge in [0.05, 0.1) is 18.1 Å². The Balaban J connectivity index is 2.73. The highest BCUT2D eigenvalue weighted by atomic mass is 79.9. The molecule has 11 heavy (non-hydrogen) atoms. The van der Waals surface area contributed by atoms with Crippen LogP contribution in [-0.2, 0) is 0 Å². The summed E-state index contributed by atoms with van der Waals surface area (Å²) < 4.78 is 0.750. The number of hydrogen-bond acceptors (Lipinski definition) is 3. The molecule has 0 bridgehead atoms. The van der Waals surface area contributed by atoms with Crippen LogP contribution in [0.2, 0.25) is 0 Å². The Morgan fingerprint density at radius 1 is 1.45 bits per heavy atom. The van der Waals surface area contributed by atoms with E-state index in [1.807, 2.05) is 12.2 Å². The van der Waals surface area contributed by atoms with E-state index in [2.05, 4.69) is 38.5 Å². The number of halogens is 1. The van der Waals surface area contributed by atoms with Crippen molar-refractivity contribution < 1.29 is 0 Å². The predicted octanol–water partition coefficient (Wildman–Crippen LogP) is 2.18.